The van der Waals surface area contributed by atoms with Crippen molar-refractivity contribution >= 4 is 0 Å². The van der Waals surface area contributed by atoms with Gasteiger partial charge in [-0.15, -0.1) is 0 Å². The zero-order valence-corrected chi connectivity index (χ0v) is 10.9. The summed E-state index contributed by atoms with van der Waals surface area (Å²) >= 11 is 0. The molecule has 86 valence electrons. The Morgan fingerprint density at radius 3 is 2.38 bits per heavy atom. The highest BCUT2D eigenvalue weighted by Gasteiger charge is 2.29. The van der Waals surface area contributed by atoms with Gasteiger partial charge in [0.25, 0.3) is 0 Å². The molecule has 0 N–H and O–H groups in total. The smallest absolute Gasteiger partial charge is 0.00724 e. The van der Waals surface area contributed by atoms with E-state index >= 15 is 0 Å². The molecule has 0 fully saturated rings. The maximum atomic E-state index is 2.35. The standard InChI is InChI=1S/C16H22/c1-12-8-10-13(11-9-12)14-6-5-7-15(14)16(2,3)4/h5-8,10,15H,9,11H2,1-4H3. The maximum Gasteiger partial charge on any atom is 0.00724 e. The molecular weight excluding hydrogens is 192 g/mol. The normalized spacial score (nSPS) is 25.2. The second-order valence-electron chi connectivity index (χ2n) is 6.06. The lowest BCUT2D eigenvalue weighted by Crippen LogP contribution is -2.20. The van der Waals surface area contributed by atoms with E-state index in [0.29, 0.717) is 11.3 Å². The molecule has 0 aromatic heterocycles. The Kier molecular flexibility index (Phi) is 2.92. The summed E-state index contributed by atoms with van der Waals surface area (Å²) in [5.41, 5.74) is 4.91. The van der Waals surface area contributed by atoms with E-state index < -0.39 is 0 Å². The zero-order valence-electron chi connectivity index (χ0n) is 10.9. The van der Waals surface area contributed by atoms with Crippen LogP contribution >= 0.6 is 0 Å². The first kappa shape index (κ1) is 11.4. The van der Waals surface area contributed by atoms with Crippen LogP contribution in [0, 0.1) is 11.3 Å². The summed E-state index contributed by atoms with van der Waals surface area (Å²) in [5, 5.41) is 0. The van der Waals surface area contributed by atoms with Gasteiger partial charge in [0.2, 0.25) is 0 Å². The Bertz CT molecular complexity index is 394. The third-order valence-corrected chi connectivity index (χ3v) is 3.58. The molecule has 0 heteroatoms. The fourth-order valence-corrected chi connectivity index (χ4v) is 2.52. The van der Waals surface area contributed by atoms with Gasteiger partial charge in [-0.25, -0.2) is 0 Å². The van der Waals surface area contributed by atoms with E-state index in [9.17, 15) is 0 Å². The fourth-order valence-electron chi connectivity index (χ4n) is 2.52. The zero-order chi connectivity index (χ0) is 11.8. The highest BCUT2D eigenvalue weighted by atomic mass is 14.3. The maximum absolute atomic E-state index is 2.35. The van der Waals surface area contributed by atoms with Crippen molar-refractivity contribution in [1.82, 2.24) is 0 Å². The molecule has 0 saturated carbocycles. The van der Waals surface area contributed by atoms with Crippen molar-refractivity contribution in [3.63, 3.8) is 0 Å². The van der Waals surface area contributed by atoms with Crippen LogP contribution in [0.1, 0.15) is 40.5 Å². The molecule has 0 amide bonds. The van der Waals surface area contributed by atoms with Gasteiger partial charge in [-0.1, -0.05) is 56.7 Å². The van der Waals surface area contributed by atoms with Gasteiger partial charge in [0, 0.05) is 5.92 Å². The van der Waals surface area contributed by atoms with Crippen molar-refractivity contribution < 1.29 is 0 Å². The van der Waals surface area contributed by atoms with Crippen LogP contribution in [0.5, 0.6) is 0 Å². The molecule has 0 aromatic rings. The van der Waals surface area contributed by atoms with Gasteiger partial charge in [-0.3, -0.25) is 0 Å². The summed E-state index contributed by atoms with van der Waals surface area (Å²) < 4.78 is 0. The highest BCUT2D eigenvalue weighted by Crippen LogP contribution is 2.41. The van der Waals surface area contributed by atoms with Crippen molar-refractivity contribution in [2.75, 3.05) is 0 Å². The van der Waals surface area contributed by atoms with Crippen LogP contribution in [0.25, 0.3) is 0 Å². The number of hydrogen-bond donors (Lipinski definition) is 0. The summed E-state index contributed by atoms with van der Waals surface area (Å²) in [6.45, 7) is 9.19. The molecule has 1 unspecified atom stereocenters. The molecule has 2 rings (SSSR count). The first-order chi connectivity index (χ1) is 7.48. The Morgan fingerprint density at radius 2 is 1.81 bits per heavy atom. The summed E-state index contributed by atoms with van der Waals surface area (Å²) in [7, 11) is 0. The minimum atomic E-state index is 0.329. The van der Waals surface area contributed by atoms with Crippen molar-refractivity contribution in [1.29, 1.82) is 0 Å². The van der Waals surface area contributed by atoms with E-state index in [1.807, 2.05) is 0 Å². The summed E-state index contributed by atoms with van der Waals surface area (Å²) in [6, 6.07) is 0. The summed E-state index contributed by atoms with van der Waals surface area (Å²) in [6.07, 6.45) is 13.9. The topological polar surface area (TPSA) is 0 Å². The van der Waals surface area contributed by atoms with Crippen LogP contribution in [0.15, 0.2) is 47.1 Å². The lowest BCUT2D eigenvalue weighted by atomic mass is 9.74. The molecule has 0 spiro atoms. The molecule has 0 aliphatic heterocycles. The SMILES string of the molecule is CC1=CC=C(C2=CC=CC2C(C)(C)C)CC1. The van der Waals surface area contributed by atoms with Crippen molar-refractivity contribution in [3.05, 3.63) is 47.1 Å². The molecular formula is C16H22. The molecule has 1 atom stereocenters. The van der Waals surface area contributed by atoms with Gasteiger partial charge in [0.15, 0.2) is 0 Å². The molecule has 16 heavy (non-hydrogen) atoms. The van der Waals surface area contributed by atoms with Gasteiger partial charge >= 0.3 is 0 Å². The molecule has 0 saturated heterocycles. The minimum absolute atomic E-state index is 0.329. The number of hydrogen-bond acceptors (Lipinski definition) is 0. The van der Waals surface area contributed by atoms with E-state index in [4.69, 9.17) is 0 Å². The number of allylic oxidation sites excluding steroid dienone is 8. The highest BCUT2D eigenvalue weighted by molar-refractivity contribution is 5.46. The van der Waals surface area contributed by atoms with Gasteiger partial charge in [-0.2, -0.15) is 0 Å². The Balaban J connectivity index is 2.24. The van der Waals surface area contributed by atoms with Gasteiger partial charge in [0.05, 0.1) is 0 Å². The van der Waals surface area contributed by atoms with E-state index in [1.165, 1.54) is 29.6 Å². The monoisotopic (exact) mass is 214 g/mol. The van der Waals surface area contributed by atoms with Crippen LogP contribution in [0.3, 0.4) is 0 Å². The van der Waals surface area contributed by atoms with Crippen LogP contribution in [0.4, 0.5) is 0 Å². The van der Waals surface area contributed by atoms with E-state index in [1.54, 1.807) is 0 Å². The van der Waals surface area contributed by atoms with E-state index in [-0.39, 0.29) is 0 Å². The molecule has 0 radical (unpaired) electrons. The third kappa shape index (κ3) is 2.21. The lowest BCUT2D eigenvalue weighted by Gasteiger charge is -2.30. The van der Waals surface area contributed by atoms with Crippen molar-refractivity contribution in [3.8, 4) is 0 Å². The largest absolute Gasteiger partial charge is 0.0765 e. The molecule has 2 aliphatic carbocycles. The molecule has 0 nitrogen and oxygen atoms in total. The predicted octanol–water partition coefficient (Wildman–Crippen LogP) is 4.81. The van der Waals surface area contributed by atoms with E-state index in [2.05, 4.69) is 58.1 Å². The van der Waals surface area contributed by atoms with Crippen LogP contribution in [-0.4, -0.2) is 0 Å². The first-order valence-electron chi connectivity index (χ1n) is 6.23. The Morgan fingerprint density at radius 1 is 1.06 bits per heavy atom. The lowest BCUT2D eigenvalue weighted by molar-refractivity contribution is 0.334. The van der Waals surface area contributed by atoms with Crippen LogP contribution in [-0.2, 0) is 0 Å². The molecule has 2 aliphatic rings. The average Bonchev–Trinajstić information content (AvgIpc) is 2.66. The second-order valence-corrected chi connectivity index (χ2v) is 6.06. The van der Waals surface area contributed by atoms with E-state index in [0.717, 1.165) is 0 Å². The molecule has 0 heterocycles. The average molecular weight is 214 g/mol. The van der Waals surface area contributed by atoms with Crippen LogP contribution < -0.4 is 0 Å². The summed E-state index contributed by atoms with van der Waals surface area (Å²) in [4.78, 5) is 0. The quantitative estimate of drug-likeness (QED) is 0.587. The van der Waals surface area contributed by atoms with Crippen molar-refractivity contribution in [2.24, 2.45) is 11.3 Å². The second kappa shape index (κ2) is 4.08. The summed E-state index contributed by atoms with van der Waals surface area (Å²) in [5.74, 6) is 0.588. The Hall–Kier alpha value is -1.04. The number of rotatable bonds is 1. The van der Waals surface area contributed by atoms with Crippen molar-refractivity contribution in [2.45, 2.75) is 40.5 Å². The predicted molar refractivity (Wildman–Crippen MR) is 71.2 cm³/mol. The molecule has 0 bridgehead atoms. The van der Waals surface area contributed by atoms with Crippen LogP contribution in [0.2, 0.25) is 0 Å². The molecule has 0 aromatic carbocycles. The minimum Gasteiger partial charge on any atom is -0.0765 e. The Labute approximate surface area is 99.4 Å². The van der Waals surface area contributed by atoms with Gasteiger partial charge < -0.3 is 0 Å². The third-order valence-electron chi connectivity index (χ3n) is 3.58. The van der Waals surface area contributed by atoms with Gasteiger partial charge in [0.1, 0.15) is 0 Å². The fraction of sp³-hybridized carbons (Fsp3) is 0.500. The first-order valence-corrected chi connectivity index (χ1v) is 6.23. The van der Waals surface area contributed by atoms with Gasteiger partial charge in [-0.05, 0) is 36.3 Å².